The van der Waals surface area contributed by atoms with E-state index in [-0.39, 0.29) is 11.9 Å². The fourth-order valence-corrected chi connectivity index (χ4v) is 2.00. The van der Waals surface area contributed by atoms with Gasteiger partial charge in [-0.25, -0.2) is 9.38 Å². The van der Waals surface area contributed by atoms with Crippen LogP contribution in [0.2, 0.25) is 0 Å². The smallest absolute Gasteiger partial charge is 0.191 e. The van der Waals surface area contributed by atoms with E-state index in [4.69, 9.17) is 4.74 Å². The Bertz CT molecular complexity index is 672. The molecule has 0 amide bonds. The third kappa shape index (κ3) is 5.53. The van der Waals surface area contributed by atoms with Crippen molar-refractivity contribution in [2.24, 2.45) is 12.0 Å². The first-order valence-corrected chi connectivity index (χ1v) is 7.85. The van der Waals surface area contributed by atoms with Crippen LogP contribution in [-0.4, -0.2) is 39.9 Å². The zero-order valence-corrected chi connectivity index (χ0v) is 14.2. The molecular weight excluding hydrogens is 311 g/mol. The molecule has 0 aliphatic heterocycles. The summed E-state index contributed by atoms with van der Waals surface area (Å²) in [7, 11) is 1.88. The molecule has 2 rings (SSSR count). The monoisotopic (exact) mass is 334 g/mol. The van der Waals surface area contributed by atoms with Gasteiger partial charge in [0, 0.05) is 19.7 Å². The van der Waals surface area contributed by atoms with Crippen molar-refractivity contribution in [1.29, 1.82) is 0 Å². The number of hydrogen-bond donors (Lipinski definition) is 2. The summed E-state index contributed by atoms with van der Waals surface area (Å²) in [6.07, 6.45) is 1.49. The van der Waals surface area contributed by atoms with E-state index in [1.54, 1.807) is 18.5 Å². The number of rotatable bonds is 7. The number of nitrogens with one attached hydrogen (secondary N) is 2. The average molecular weight is 334 g/mol. The molecule has 1 atom stereocenters. The van der Waals surface area contributed by atoms with Crippen LogP contribution in [0.5, 0.6) is 5.75 Å². The second-order valence-corrected chi connectivity index (χ2v) is 5.32. The van der Waals surface area contributed by atoms with Crippen LogP contribution in [0.25, 0.3) is 0 Å². The molecule has 0 saturated heterocycles. The lowest BCUT2D eigenvalue weighted by Gasteiger charge is -2.17. The summed E-state index contributed by atoms with van der Waals surface area (Å²) >= 11 is 0. The van der Waals surface area contributed by atoms with Gasteiger partial charge in [-0.1, -0.05) is 6.07 Å². The van der Waals surface area contributed by atoms with Crippen molar-refractivity contribution < 1.29 is 9.13 Å². The standard InChI is InChI=1S/C16H23FN6O/c1-4-18-16(20-10-15-22-21-11-23(15)3)19-9-12(2)24-14-7-5-6-13(17)8-14/h5-8,11-12H,4,9-10H2,1-3H3,(H2,18,19,20). The average Bonchev–Trinajstić information content (AvgIpc) is 2.95. The van der Waals surface area contributed by atoms with Crippen molar-refractivity contribution in [3.8, 4) is 5.75 Å². The van der Waals surface area contributed by atoms with E-state index >= 15 is 0 Å². The Hall–Kier alpha value is -2.64. The highest BCUT2D eigenvalue weighted by atomic mass is 19.1. The van der Waals surface area contributed by atoms with E-state index in [1.165, 1.54) is 12.1 Å². The van der Waals surface area contributed by atoms with Crippen molar-refractivity contribution in [3.05, 3.63) is 42.2 Å². The fraction of sp³-hybridized carbons (Fsp3) is 0.438. The number of aliphatic imine (C=N–C) groups is 1. The lowest BCUT2D eigenvalue weighted by Crippen LogP contribution is -2.41. The molecule has 0 aliphatic rings. The number of hydrogen-bond acceptors (Lipinski definition) is 4. The number of ether oxygens (including phenoxy) is 1. The molecule has 130 valence electrons. The van der Waals surface area contributed by atoms with Crippen molar-refractivity contribution in [1.82, 2.24) is 25.4 Å². The fourth-order valence-electron chi connectivity index (χ4n) is 2.00. The molecule has 0 fully saturated rings. The quantitative estimate of drug-likeness (QED) is 0.592. The zero-order chi connectivity index (χ0) is 17.4. The zero-order valence-electron chi connectivity index (χ0n) is 14.2. The topological polar surface area (TPSA) is 76.4 Å². The van der Waals surface area contributed by atoms with Crippen molar-refractivity contribution in [2.75, 3.05) is 13.1 Å². The van der Waals surface area contributed by atoms with Crippen LogP contribution in [0.4, 0.5) is 4.39 Å². The largest absolute Gasteiger partial charge is 0.489 e. The Kier molecular flexibility index (Phi) is 6.53. The van der Waals surface area contributed by atoms with Gasteiger partial charge in [0.2, 0.25) is 0 Å². The molecule has 8 heteroatoms. The van der Waals surface area contributed by atoms with Gasteiger partial charge in [0.15, 0.2) is 11.8 Å². The molecule has 1 aromatic carbocycles. The Morgan fingerprint density at radius 3 is 2.92 bits per heavy atom. The summed E-state index contributed by atoms with van der Waals surface area (Å²) in [5.41, 5.74) is 0. The second-order valence-electron chi connectivity index (χ2n) is 5.32. The Morgan fingerprint density at radius 1 is 1.42 bits per heavy atom. The van der Waals surface area contributed by atoms with Crippen molar-refractivity contribution in [2.45, 2.75) is 26.5 Å². The molecule has 1 heterocycles. The van der Waals surface area contributed by atoms with Gasteiger partial charge < -0.3 is 19.9 Å². The Balaban J connectivity index is 1.87. The van der Waals surface area contributed by atoms with Gasteiger partial charge in [0.1, 0.15) is 30.5 Å². The minimum absolute atomic E-state index is 0.148. The first-order valence-electron chi connectivity index (χ1n) is 7.85. The molecule has 24 heavy (non-hydrogen) atoms. The summed E-state index contributed by atoms with van der Waals surface area (Å²) in [4.78, 5) is 4.47. The van der Waals surface area contributed by atoms with Crippen LogP contribution in [0, 0.1) is 5.82 Å². The summed E-state index contributed by atoms with van der Waals surface area (Å²) in [5.74, 6) is 1.63. The van der Waals surface area contributed by atoms with Gasteiger partial charge >= 0.3 is 0 Å². The summed E-state index contributed by atoms with van der Waals surface area (Å²) < 4.78 is 20.7. The molecule has 1 unspecified atom stereocenters. The van der Waals surface area contributed by atoms with Gasteiger partial charge in [0.05, 0.1) is 6.54 Å². The van der Waals surface area contributed by atoms with Crippen molar-refractivity contribution >= 4 is 5.96 Å². The number of nitrogens with zero attached hydrogens (tertiary/aromatic N) is 4. The number of guanidine groups is 1. The van der Waals surface area contributed by atoms with E-state index < -0.39 is 0 Å². The maximum Gasteiger partial charge on any atom is 0.191 e. The number of aromatic nitrogens is 3. The molecule has 2 N–H and O–H groups in total. The van der Waals surface area contributed by atoms with Crippen molar-refractivity contribution in [3.63, 3.8) is 0 Å². The normalized spacial score (nSPS) is 12.8. The summed E-state index contributed by atoms with van der Waals surface area (Å²) in [5, 5.41) is 14.2. The van der Waals surface area contributed by atoms with E-state index in [2.05, 4.69) is 25.8 Å². The summed E-state index contributed by atoms with van der Waals surface area (Å²) in [6.45, 7) is 5.59. The minimum Gasteiger partial charge on any atom is -0.489 e. The van der Waals surface area contributed by atoms with Crippen LogP contribution < -0.4 is 15.4 Å². The van der Waals surface area contributed by atoms with E-state index in [0.29, 0.717) is 24.8 Å². The highest BCUT2D eigenvalue weighted by Gasteiger charge is 2.07. The molecule has 0 bridgehead atoms. The molecule has 1 aromatic heterocycles. The lowest BCUT2D eigenvalue weighted by atomic mass is 10.3. The van der Waals surface area contributed by atoms with Gasteiger partial charge in [0.25, 0.3) is 0 Å². The first-order chi connectivity index (χ1) is 11.6. The van der Waals surface area contributed by atoms with Crippen LogP contribution in [0.15, 0.2) is 35.6 Å². The SMILES string of the molecule is CCNC(=NCc1nncn1C)NCC(C)Oc1cccc(F)c1. The minimum atomic E-state index is -0.314. The maximum atomic E-state index is 13.2. The second kappa shape index (κ2) is 8.85. The van der Waals surface area contributed by atoms with E-state index in [9.17, 15) is 4.39 Å². The number of halogens is 1. The van der Waals surface area contributed by atoms with Gasteiger partial charge in [-0.05, 0) is 26.0 Å². The van der Waals surface area contributed by atoms with Gasteiger partial charge in [-0.3, -0.25) is 0 Å². The van der Waals surface area contributed by atoms with Crippen LogP contribution in [-0.2, 0) is 13.6 Å². The molecule has 0 spiro atoms. The maximum absolute atomic E-state index is 13.2. The molecule has 7 nitrogen and oxygen atoms in total. The van der Waals surface area contributed by atoms with Crippen LogP contribution >= 0.6 is 0 Å². The van der Waals surface area contributed by atoms with E-state index in [1.807, 2.05) is 25.5 Å². The van der Waals surface area contributed by atoms with Crippen LogP contribution in [0.1, 0.15) is 19.7 Å². The molecule has 0 radical (unpaired) electrons. The van der Waals surface area contributed by atoms with E-state index in [0.717, 1.165) is 12.4 Å². The molecule has 0 aliphatic carbocycles. The third-order valence-corrected chi connectivity index (χ3v) is 3.22. The highest BCUT2D eigenvalue weighted by Crippen LogP contribution is 2.13. The number of aryl methyl sites for hydroxylation is 1. The first kappa shape index (κ1) is 17.7. The predicted octanol–water partition coefficient (Wildman–Crippen LogP) is 1.48. The molecule has 2 aromatic rings. The lowest BCUT2D eigenvalue weighted by molar-refractivity contribution is 0.223. The Morgan fingerprint density at radius 2 is 2.25 bits per heavy atom. The third-order valence-electron chi connectivity index (χ3n) is 3.22. The summed E-state index contributed by atoms with van der Waals surface area (Å²) in [6, 6.07) is 6.10. The Labute approximate surface area is 141 Å². The highest BCUT2D eigenvalue weighted by molar-refractivity contribution is 5.79. The number of benzene rings is 1. The van der Waals surface area contributed by atoms with Gasteiger partial charge in [-0.15, -0.1) is 10.2 Å². The van der Waals surface area contributed by atoms with Crippen LogP contribution in [0.3, 0.4) is 0 Å². The molecular formula is C16H23FN6O. The predicted molar refractivity (Wildman–Crippen MR) is 90.3 cm³/mol. The van der Waals surface area contributed by atoms with Gasteiger partial charge in [-0.2, -0.15) is 0 Å². The molecule has 0 saturated carbocycles.